The second-order valence-electron chi connectivity index (χ2n) is 10.5. The molecule has 1 heterocycles. The number of halogens is 1. The van der Waals surface area contributed by atoms with Crippen molar-refractivity contribution in [2.75, 3.05) is 4.90 Å². The summed E-state index contributed by atoms with van der Waals surface area (Å²) in [4.78, 5) is 67.0. The number of rotatable bonds is 3. The molecule has 1 saturated heterocycles. The van der Waals surface area contributed by atoms with Gasteiger partial charge in [0.25, 0.3) is 0 Å². The van der Waals surface area contributed by atoms with Crippen LogP contribution in [0.1, 0.15) is 48.5 Å². The predicted octanol–water partition coefficient (Wildman–Crippen LogP) is 4.88. The van der Waals surface area contributed by atoms with Gasteiger partial charge in [-0.15, -0.1) is 0 Å². The van der Waals surface area contributed by atoms with E-state index < -0.39 is 23.7 Å². The Morgan fingerprint density at radius 2 is 1.72 bits per heavy atom. The first-order valence-corrected chi connectivity index (χ1v) is 13.1. The third-order valence-electron chi connectivity index (χ3n) is 8.39. The van der Waals surface area contributed by atoms with Crippen LogP contribution in [0, 0.1) is 17.8 Å². The quantitative estimate of drug-likeness (QED) is 0.257. The molecule has 2 amide bonds. The molecular formula is C31H24ClNO6. The molecule has 39 heavy (non-hydrogen) atoms. The molecule has 196 valence electrons. The second kappa shape index (κ2) is 8.99. The van der Waals surface area contributed by atoms with Crippen molar-refractivity contribution in [2.24, 2.45) is 17.8 Å². The van der Waals surface area contributed by atoms with Crippen molar-refractivity contribution in [2.45, 2.75) is 32.6 Å². The molecule has 0 aromatic heterocycles. The molecule has 4 atom stereocenters. The Hall–Kier alpha value is -4.10. The molecular weight excluding hydrogens is 518 g/mol. The van der Waals surface area contributed by atoms with Crippen molar-refractivity contribution < 1.29 is 29.1 Å². The van der Waals surface area contributed by atoms with Crippen molar-refractivity contribution in [3.05, 3.63) is 93.1 Å². The molecule has 2 aromatic rings. The monoisotopic (exact) mass is 541 g/mol. The Morgan fingerprint density at radius 1 is 1.00 bits per heavy atom. The zero-order chi connectivity index (χ0) is 27.7. The minimum Gasteiger partial charge on any atom is -0.508 e. The summed E-state index contributed by atoms with van der Waals surface area (Å²) < 4.78 is 0. The number of ketones is 3. The van der Waals surface area contributed by atoms with E-state index in [1.807, 2.05) is 6.08 Å². The van der Waals surface area contributed by atoms with E-state index in [1.54, 1.807) is 37.3 Å². The van der Waals surface area contributed by atoms with E-state index in [-0.39, 0.29) is 53.3 Å². The fourth-order valence-electron chi connectivity index (χ4n) is 6.59. The fourth-order valence-corrected chi connectivity index (χ4v) is 6.77. The van der Waals surface area contributed by atoms with Crippen LogP contribution in [0.4, 0.5) is 5.69 Å². The summed E-state index contributed by atoms with van der Waals surface area (Å²) in [5.41, 5.74) is 2.89. The minimum absolute atomic E-state index is 0.0764. The van der Waals surface area contributed by atoms with Gasteiger partial charge in [-0.1, -0.05) is 23.3 Å². The highest BCUT2D eigenvalue weighted by molar-refractivity contribution is 6.30. The Morgan fingerprint density at radius 3 is 2.41 bits per heavy atom. The van der Waals surface area contributed by atoms with Crippen LogP contribution in [-0.4, -0.2) is 34.3 Å². The summed E-state index contributed by atoms with van der Waals surface area (Å²) in [6, 6.07) is 10.9. The highest BCUT2D eigenvalue weighted by atomic mass is 35.5. The van der Waals surface area contributed by atoms with E-state index in [1.165, 1.54) is 30.0 Å². The molecule has 0 bridgehead atoms. The lowest BCUT2D eigenvalue weighted by Gasteiger charge is -2.42. The third-order valence-corrected chi connectivity index (χ3v) is 8.63. The Kier molecular flexibility index (Phi) is 5.81. The lowest BCUT2D eigenvalue weighted by molar-refractivity contribution is -0.123. The minimum atomic E-state index is -0.772. The van der Waals surface area contributed by atoms with Crippen molar-refractivity contribution in [1.29, 1.82) is 0 Å². The van der Waals surface area contributed by atoms with Gasteiger partial charge in [0.05, 0.1) is 17.5 Å². The van der Waals surface area contributed by atoms with Gasteiger partial charge in [0.15, 0.2) is 17.3 Å². The van der Waals surface area contributed by atoms with E-state index >= 15 is 0 Å². The van der Waals surface area contributed by atoms with E-state index in [9.17, 15) is 29.1 Å². The molecule has 1 aliphatic heterocycles. The number of phenolic OH excluding ortho intramolecular Hbond substituents is 1. The molecule has 8 heteroatoms. The number of amides is 2. The number of fused-ring (bicyclic) bond motifs is 3. The first-order valence-electron chi connectivity index (χ1n) is 12.8. The van der Waals surface area contributed by atoms with Crippen LogP contribution < -0.4 is 4.90 Å². The zero-order valence-electron chi connectivity index (χ0n) is 21.2. The lowest BCUT2D eigenvalue weighted by Crippen LogP contribution is -2.39. The average molecular weight is 542 g/mol. The topological polar surface area (TPSA) is 109 Å². The van der Waals surface area contributed by atoms with Crippen LogP contribution in [0.15, 0.2) is 76.9 Å². The number of nitrogens with zero attached hydrogens (tertiary/aromatic N) is 1. The van der Waals surface area contributed by atoms with Crippen LogP contribution in [-0.2, 0) is 19.2 Å². The molecule has 2 aromatic carbocycles. The second-order valence-corrected chi connectivity index (χ2v) is 11.0. The Bertz CT molecular complexity index is 1610. The molecule has 3 aliphatic carbocycles. The van der Waals surface area contributed by atoms with Crippen molar-refractivity contribution in [3.8, 4) is 5.75 Å². The fraction of sp³-hybridized carbons (Fsp3) is 0.258. The summed E-state index contributed by atoms with van der Waals surface area (Å²) in [5, 5.41) is 11.2. The first-order chi connectivity index (χ1) is 18.6. The first kappa shape index (κ1) is 25.2. The Labute approximate surface area is 229 Å². The number of hydrogen-bond acceptors (Lipinski definition) is 6. The Balaban J connectivity index is 1.47. The number of benzene rings is 2. The van der Waals surface area contributed by atoms with Crippen LogP contribution in [0.2, 0.25) is 5.02 Å². The molecule has 7 nitrogen and oxygen atoms in total. The maximum absolute atomic E-state index is 13.9. The third kappa shape index (κ3) is 3.75. The molecule has 6 rings (SSSR count). The number of aromatic hydroxyl groups is 1. The van der Waals surface area contributed by atoms with Crippen molar-refractivity contribution >= 4 is 46.5 Å². The van der Waals surface area contributed by atoms with Crippen molar-refractivity contribution in [1.82, 2.24) is 0 Å². The number of allylic oxidation sites excluding steroid dienone is 6. The van der Waals surface area contributed by atoms with Gasteiger partial charge in [-0.2, -0.15) is 0 Å². The van der Waals surface area contributed by atoms with E-state index in [0.717, 1.165) is 5.57 Å². The number of anilines is 1. The zero-order valence-corrected chi connectivity index (χ0v) is 22.0. The van der Waals surface area contributed by atoms with E-state index in [4.69, 9.17) is 11.6 Å². The van der Waals surface area contributed by atoms with Crippen molar-refractivity contribution in [3.63, 3.8) is 0 Å². The summed E-state index contributed by atoms with van der Waals surface area (Å²) in [6.07, 6.45) is 3.63. The van der Waals surface area contributed by atoms with Crippen LogP contribution >= 0.6 is 11.6 Å². The van der Waals surface area contributed by atoms with Crippen LogP contribution in [0.5, 0.6) is 5.75 Å². The van der Waals surface area contributed by atoms with Gasteiger partial charge in [-0.3, -0.25) is 28.9 Å². The molecule has 0 saturated carbocycles. The van der Waals surface area contributed by atoms with Crippen LogP contribution in [0.3, 0.4) is 0 Å². The molecule has 1 N–H and O–H groups in total. The maximum atomic E-state index is 13.9. The molecule has 0 radical (unpaired) electrons. The molecule has 4 aliphatic rings. The summed E-state index contributed by atoms with van der Waals surface area (Å²) in [7, 11) is 0. The highest BCUT2D eigenvalue weighted by Crippen LogP contribution is 2.56. The predicted molar refractivity (Wildman–Crippen MR) is 143 cm³/mol. The number of imide groups is 1. The average Bonchev–Trinajstić information content (AvgIpc) is 3.17. The lowest BCUT2D eigenvalue weighted by atomic mass is 9.59. The number of carbonyl (C=O) groups is 5. The van der Waals surface area contributed by atoms with Crippen LogP contribution in [0.25, 0.3) is 0 Å². The SMILES string of the molecule is CC(=O)c1ccc(N2C(=O)[C@H]3[C@H](CC=C4[C@H](c5cc(Cl)ccc5O)C5=C(C[C@H]43)C(=O)C(C)=CC5=O)C2=O)cc1. The van der Waals surface area contributed by atoms with Gasteiger partial charge in [-0.25, -0.2) is 0 Å². The summed E-state index contributed by atoms with van der Waals surface area (Å²) >= 11 is 6.29. The van der Waals surface area contributed by atoms with Gasteiger partial charge in [0, 0.05) is 38.8 Å². The normalized spacial score (nSPS) is 26.2. The maximum Gasteiger partial charge on any atom is 0.238 e. The molecule has 0 spiro atoms. The number of phenols is 1. The number of carbonyl (C=O) groups excluding carboxylic acids is 5. The van der Waals surface area contributed by atoms with Gasteiger partial charge in [-0.05, 0) is 81.1 Å². The van der Waals surface area contributed by atoms with Gasteiger partial charge >= 0.3 is 0 Å². The smallest absolute Gasteiger partial charge is 0.238 e. The van der Waals surface area contributed by atoms with Gasteiger partial charge < -0.3 is 5.11 Å². The summed E-state index contributed by atoms with van der Waals surface area (Å²) in [6.45, 7) is 3.03. The standard InChI is InChI=1S/C31H24ClNO6/c1-14-11-25(36)28-23(29(14)37)13-21-19(26(28)22-12-17(32)5-10-24(22)35)8-9-20-27(21)31(39)33(30(20)38)18-6-3-16(4-7-18)15(2)34/h3-8,10-12,20-21,26-27,35H,9,13H2,1-2H3/t20-,21+,26+,27-/m0/s1. The van der Waals surface area contributed by atoms with Gasteiger partial charge in [0.2, 0.25) is 11.8 Å². The largest absolute Gasteiger partial charge is 0.508 e. The van der Waals surface area contributed by atoms with E-state index in [0.29, 0.717) is 33.0 Å². The summed E-state index contributed by atoms with van der Waals surface area (Å²) in [5.74, 6) is -4.15. The van der Waals surface area contributed by atoms with E-state index in [2.05, 4.69) is 0 Å². The molecule has 1 fully saturated rings. The molecule has 0 unspecified atom stereocenters. The highest BCUT2D eigenvalue weighted by Gasteiger charge is 2.56. The number of hydrogen-bond donors (Lipinski definition) is 1. The van der Waals surface area contributed by atoms with Gasteiger partial charge in [0.1, 0.15) is 5.75 Å². The number of Topliss-reactive ketones (excluding diaryl/α,β-unsaturated/α-hetero) is 2.